The molecule has 0 saturated carbocycles. The van der Waals surface area contributed by atoms with Crippen LogP contribution in [0.2, 0.25) is 0 Å². The predicted octanol–water partition coefficient (Wildman–Crippen LogP) is 21.5. The molecular formula is C72H125NO8P+. The molecule has 0 aromatic rings. The highest BCUT2D eigenvalue weighted by Crippen LogP contribution is 2.43. The lowest BCUT2D eigenvalue weighted by Crippen LogP contribution is -2.37. The molecule has 0 heterocycles. The fraction of sp³-hybridized carbons (Fsp3) is 0.694. The van der Waals surface area contributed by atoms with E-state index in [9.17, 15) is 19.0 Å². The van der Waals surface area contributed by atoms with Gasteiger partial charge in [0.05, 0.1) is 27.7 Å². The van der Waals surface area contributed by atoms with Crippen LogP contribution in [-0.4, -0.2) is 74.9 Å². The molecule has 2 atom stereocenters. The van der Waals surface area contributed by atoms with Gasteiger partial charge < -0.3 is 18.9 Å². The third-order valence-corrected chi connectivity index (χ3v) is 15.0. The molecule has 0 spiro atoms. The Morgan fingerprint density at radius 2 is 0.659 bits per heavy atom. The Labute approximate surface area is 505 Å². The Hall–Kier alpha value is -3.59. The smallest absolute Gasteiger partial charge is 0.462 e. The second-order valence-electron chi connectivity index (χ2n) is 23.1. The van der Waals surface area contributed by atoms with E-state index in [1.807, 2.05) is 21.1 Å². The summed E-state index contributed by atoms with van der Waals surface area (Å²) in [5.74, 6) is -0.806. The normalized spacial score (nSPS) is 14.0. The van der Waals surface area contributed by atoms with Crippen molar-refractivity contribution in [1.29, 1.82) is 0 Å². The number of unbranched alkanes of at least 4 members (excludes halogenated alkanes) is 26. The summed E-state index contributed by atoms with van der Waals surface area (Å²) >= 11 is 0. The lowest BCUT2D eigenvalue weighted by atomic mass is 10.0. The third kappa shape index (κ3) is 65.6. The summed E-state index contributed by atoms with van der Waals surface area (Å²) in [6.45, 7) is 4.21. The van der Waals surface area contributed by atoms with Gasteiger partial charge >= 0.3 is 19.8 Å². The quantitative estimate of drug-likeness (QED) is 0.0211. The van der Waals surface area contributed by atoms with Crippen LogP contribution >= 0.6 is 7.82 Å². The van der Waals surface area contributed by atoms with Gasteiger partial charge in [0.25, 0.3) is 0 Å². The van der Waals surface area contributed by atoms with Crippen molar-refractivity contribution in [2.75, 3.05) is 47.5 Å². The van der Waals surface area contributed by atoms with Crippen molar-refractivity contribution in [1.82, 2.24) is 0 Å². The van der Waals surface area contributed by atoms with Crippen molar-refractivity contribution >= 4 is 19.8 Å². The van der Waals surface area contributed by atoms with E-state index in [1.165, 1.54) is 128 Å². The van der Waals surface area contributed by atoms with Crippen LogP contribution in [0.4, 0.5) is 0 Å². The molecule has 10 heteroatoms. The molecule has 9 nitrogen and oxygen atoms in total. The van der Waals surface area contributed by atoms with Gasteiger partial charge in [0.2, 0.25) is 0 Å². The summed E-state index contributed by atoms with van der Waals surface area (Å²) in [4.78, 5) is 35.8. The van der Waals surface area contributed by atoms with Crippen LogP contribution in [0.15, 0.2) is 122 Å². The number of ether oxygens (including phenoxy) is 2. The SMILES string of the molecule is CC/C=C\C/C=C\C/C=C\C/C=C\C/C=C\C/C=C\CCCCCCCCCCC(=O)OC(COC(=O)CCCCCCCCCCCCCCCCCCCC/C=C\C/C=C\C/C=C\C/C=C\CC)COP(=O)(O)OCC[N+](C)(C)C. The molecule has 0 aliphatic rings. The molecule has 0 fully saturated rings. The number of hydrogen-bond acceptors (Lipinski definition) is 7. The van der Waals surface area contributed by atoms with Crippen molar-refractivity contribution in [2.45, 2.75) is 277 Å². The zero-order chi connectivity index (χ0) is 59.8. The molecule has 0 radical (unpaired) electrons. The van der Waals surface area contributed by atoms with Gasteiger partial charge in [-0.1, -0.05) is 277 Å². The van der Waals surface area contributed by atoms with Gasteiger partial charge in [-0.3, -0.25) is 18.6 Å². The zero-order valence-electron chi connectivity index (χ0n) is 53.4. The molecule has 470 valence electrons. The standard InChI is InChI=1S/C72H124NO8P/c1-6-8-10-12-14-16-18-20-22-24-26-28-30-32-34-35-36-37-39-40-42-44-46-48-50-52-54-56-58-60-62-64-71(74)78-68-70(69-80-82(76,77)79-67-66-73(3,4)5)81-72(75)65-63-61-59-57-55-53-51-49-47-45-43-41-38-33-31-29-27-25-23-21-19-17-15-13-11-9-7-2/h8-11,14-17,20-23,26-29,33,38,43,45,70H,6-7,12-13,18-19,24-25,30-32,34-37,39-42,44,46-69H2,1-5H3/p+1/b10-8-,11-9-,16-14-,17-15-,22-20-,23-21-,28-26-,29-27-,38-33-,45-43-. The Balaban J connectivity index is 4.10. The number of quaternary nitrogens is 1. The van der Waals surface area contributed by atoms with Crippen LogP contribution in [0, 0.1) is 0 Å². The molecule has 0 bridgehead atoms. The van der Waals surface area contributed by atoms with Crippen LogP contribution in [0.25, 0.3) is 0 Å². The van der Waals surface area contributed by atoms with Crippen LogP contribution < -0.4 is 0 Å². The van der Waals surface area contributed by atoms with E-state index in [0.29, 0.717) is 17.4 Å². The zero-order valence-corrected chi connectivity index (χ0v) is 54.3. The number of allylic oxidation sites excluding steroid dienone is 20. The Bertz CT molecular complexity index is 1800. The van der Waals surface area contributed by atoms with E-state index >= 15 is 0 Å². The highest BCUT2D eigenvalue weighted by Gasteiger charge is 2.27. The summed E-state index contributed by atoms with van der Waals surface area (Å²) in [6, 6.07) is 0. The van der Waals surface area contributed by atoms with Gasteiger partial charge in [0.15, 0.2) is 6.10 Å². The first-order valence-corrected chi connectivity index (χ1v) is 34.8. The third-order valence-electron chi connectivity index (χ3n) is 14.0. The number of esters is 2. The summed E-state index contributed by atoms with van der Waals surface area (Å²) in [5.41, 5.74) is 0. The van der Waals surface area contributed by atoms with Crippen LogP contribution in [-0.2, 0) is 32.7 Å². The number of hydrogen-bond donors (Lipinski definition) is 1. The lowest BCUT2D eigenvalue weighted by Gasteiger charge is -2.24. The first-order valence-electron chi connectivity index (χ1n) is 33.3. The maximum atomic E-state index is 12.9. The monoisotopic (exact) mass is 1160 g/mol. The van der Waals surface area contributed by atoms with Gasteiger partial charge in [-0.05, 0) is 103 Å². The maximum absolute atomic E-state index is 12.9. The summed E-state index contributed by atoms with van der Waals surface area (Å²) in [6.07, 6.45) is 88.6. The molecular weight excluding hydrogens is 1040 g/mol. The van der Waals surface area contributed by atoms with Crippen molar-refractivity contribution in [3.05, 3.63) is 122 Å². The van der Waals surface area contributed by atoms with Gasteiger partial charge in [-0.2, -0.15) is 0 Å². The molecule has 0 saturated heterocycles. The number of phosphoric acid groups is 1. The number of carbonyl (C=O) groups is 2. The van der Waals surface area contributed by atoms with Gasteiger partial charge in [0, 0.05) is 12.8 Å². The van der Waals surface area contributed by atoms with Gasteiger partial charge in [-0.25, -0.2) is 4.57 Å². The van der Waals surface area contributed by atoms with E-state index in [4.69, 9.17) is 18.5 Å². The van der Waals surface area contributed by atoms with Crippen molar-refractivity contribution < 1.29 is 42.1 Å². The molecule has 0 rings (SSSR count). The van der Waals surface area contributed by atoms with E-state index in [2.05, 4.69) is 135 Å². The van der Waals surface area contributed by atoms with E-state index in [1.54, 1.807) is 0 Å². The summed E-state index contributed by atoms with van der Waals surface area (Å²) < 4.78 is 34.7. The van der Waals surface area contributed by atoms with Crippen LogP contribution in [0.5, 0.6) is 0 Å². The average Bonchev–Trinajstić information content (AvgIpc) is 3.46. The minimum atomic E-state index is -4.40. The topological polar surface area (TPSA) is 108 Å². The minimum Gasteiger partial charge on any atom is -0.462 e. The molecule has 0 aromatic carbocycles. The highest BCUT2D eigenvalue weighted by molar-refractivity contribution is 7.47. The molecule has 1 N–H and O–H groups in total. The second-order valence-corrected chi connectivity index (χ2v) is 24.5. The number of likely N-dealkylation sites (N-methyl/N-ethyl adjacent to an activating group) is 1. The lowest BCUT2D eigenvalue weighted by molar-refractivity contribution is -0.870. The van der Waals surface area contributed by atoms with Crippen LogP contribution in [0.1, 0.15) is 271 Å². The number of phosphoric ester groups is 1. The van der Waals surface area contributed by atoms with E-state index in [-0.39, 0.29) is 32.0 Å². The Morgan fingerprint density at radius 3 is 0.976 bits per heavy atom. The molecule has 0 aliphatic carbocycles. The number of carbonyl (C=O) groups excluding carboxylic acids is 2. The summed E-state index contributed by atoms with van der Waals surface area (Å²) in [7, 11) is 1.46. The fourth-order valence-corrected chi connectivity index (χ4v) is 9.69. The highest BCUT2D eigenvalue weighted by atomic mass is 31.2. The second kappa shape index (κ2) is 62.0. The molecule has 0 aromatic heterocycles. The average molecular weight is 1160 g/mol. The van der Waals surface area contributed by atoms with Crippen LogP contribution in [0.3, 0.4) is 0 Å². The fourth-order valence-electron chi connectivity index (χ4n) is 8.95. The first kappa shape index (κ1) is 78.4. The molecule has 2 unspecified atom stereocenters. The number of rotatable bonds is 60. The minimum absolute atomic E-state index is 0.0252. The number of nitrogens with zero attached hydrogens (tertiary/aromatic N) is 1. The predicted molar refractivity (Wildman–Crippen MR) is 353 cm³/mol. The van der Waals surface area contributed by atoms with Crippen molar-refractivity contribution in [2.24, 2.45) is 0 Å². The summed E-state index contributed by atoms with van der Waals surface area (Å²) in [5, 5.41) is 0. The maximum Gasteiger partial charge on any atom is 0.472 e. The van der Waals surface area contributed by atoms with E-state index in [0.717, 1.165) is 109 Å². The molecule has 82 heavy (non-hydrogen) atoms. The first-order chi connectivity index (χ1) is 40.0. The van der Waals surface area contributed by atoms with Gasteiger partial charge in [0.1, 0.15) is 19.8 Å². The van der Waals surface area contributed by atoms with Crippen molar-refractivity contribution in [3.63, 3.8) is 0 Å². The Kier molecular flexibility index (Phi) is 59.2. The van der Waals surface area contributed by atoms with E-state index < -0.39 is 26.5 Å². The largest absolute Gasteiger partial charge is 0.472 e. The van der Waals surface area contributed by atoms with Crippen molar-refractivity contribution in [3.8, 4) is 0 Å². The molecule has 0 aliphatic heterocycles. The molecule has 0 amide bonds. The van der Waals surface area contributed by atoms with Gasteiger partial charge in [-0.15, -0.1) is 0 Å². The Morgan fingerprint density at radius 1 is 0.378 bits per heavy atom.